The first kappa shape index (κ1) is 15.7. The van der Waals surface area contributed by atoms with Gasteiger partial charge in [-0.3, -0.25) is 9.78 Å². The number of fused-ring (bicyclic) bond motifs is 1. The summed E-state index contributed by atoms with van der Waals surface area (Å²) in [7, 11) is 4.00. The van der Waals surface area contributed by atoms with Crippen molar-refractivity contribution in [2.24, 2.45) is 0 Å². The predicted molar refractivity (Wildman–Crippen MR) is 97.3 cm³/mol. The lowest BCUT2D eigenvalue weighted by atomic mass is 10.1. The molecule has 1 amide bonds. The highest BCUT2D eigenvalue weighted by molar-refractivity contribution is 8.77. The maximum Gasteiger partial charge on any atom is 0.224 e. The zero-order valence-corrected chi connectivity index (χ0v) is 14.1. The minimum atomic E-state index is 0.108. The van der Waals surface area contributed by atoms with Gasteiger partial charge in [-0.15, -0.1) is 0 Å². The van der Waals surface area contributed by atoms with Crippen molar-refractivity contribution in [1.82, 2.24) is 4.98 Å². The van der Waals surface area contributed by atoms with Crippen LogP contribution < -0.4 is 5.32 Å². The minimum absolute atomic E-state index is 0.108. The molecule has 1 fully saturated rings. The molecule has 1 aliphatic heterocycles. The second kappa shape index (κ2) is 7.88. The van der Waals surface area contributed by atoms with Crippen LogP contribution in [-0.4, -0.2) is 21.9 Å². The van der Waals surface area contributed by atoms with Gasteiger partial charge >= 0.3 is 0 Å². The molecule has 0 aliphatic carbocycles. The van der Waals surface area contributed by atoms with Gasteiger partial charge in [-0.2, -0.15) is 0 Å². The number of hydrogen-bond acceptors (Lipinski definition) is 4. The topological polar surface area (TPSA) is 42.0 Å². The van der Waals surface area contributed by atoms with Gasteiger partial charge < -0.3 is 5.32 Å². The monoisotopic (exact) mass is 332 g/mol. The summed E-state index contributed by atoms with van der Waals surface area (Å²) in [6, 6.07) is 9.76. The largest absolute Gasteiger partial charge is 0.326 e. The third kappa shape index (κ3) is 4.40. The highest BCUT2D eigenvalue weighted by atomic mass is 33.1. The number of carbonyl (C=O) groups excluding carboxylic acids is 1. The molecule has 1 aromatic carbocycles. The van der Waals surface area contributed by atoms with Gasteiger partial charge in [-0.1, -0.05) is 34.1 Å². The van der Waals surface area contributed by atoms with Crippen LogP contribution in [0.5, 0.6) is 0 Å². The van der Waals surface area contributed by atoms with Crippen LogP contribution >= 0.6 is 21.6 Å². The Bertz CT molecular complexity index is 641. The first-order valence-electron chi connectivity index (χ1n) is 7.74. The Kier molecular flexibility index (Phi) is 5.62. The summed E-state index contributed by atoms with van der Waals surface area (Å²) >= 11 is 0. The second-order valence-corrected chi connectivity index (χ2v) is 8.32. The third-order valence-electron chi connectivity index (χ3n) is 3.79. The summed E-state index contributed by atoms with van der Waals surface area (Å²) in [5, 5.41) is 4.84. The predicted octanol–water partition coefficient (Wildman–Crippen LogP) is 4.89. The molecule has 1 N–H and O–H groups in total. The van der Waals surface area contributed by atoms with E-state index in [1.165, 1.54) is 18.6 Å². The summed E-state index contributed by atoms with van der Waals surface area (Å²) < 4.78 is 0. The molecule has 0 radical (unpaired) electrons. The molecule has 1 aromatic heterocycles. The zero-order chi connectivity index (χ0) is 15.2. The number of rotatable bonds is 6. The molecule has 0 bridgehead atoms. The van der Waals surface area contributed by atoms with Crippen molar-refractivity contribution in [1.29, 1.82) is 0 Å². The van der Waals surface area contributed by atoms with E-state index in [9.17, 15) is 4.79 Å². The van der Waals surface area contributed by atoms with Crippen LogP contribution in [-0.2, 0) is 4.79 Å². The third-order valence-corrected chi connectivity index (χ3v) is 6.80. The Morgan fingerprint density at radius 3 is 3.14 bits per heavy atom. The molecule has 2 heterocycles. The molecule has 5 heteroatoms. The van der Waals surface area contributed by atoms with Crippen molar-refractivity contribution >= 4 is 44.1 Å². The van der Waals surface area contributed by atoms with E-state index in [2.05, 4.69) is 10.3 Å². The number of nitrogens with one attached hydrogen (secondary N) is 1. The molecular weight excluding hydrogens is 312 g/mol. The number of carbonyl (C=O) groups is 1. The van der Waals surface area contributed by atoms with Gasteiger partial charge in [0, 0.05) is 34.7 Å². The summed E-state index contributed by atoms with van der Waals surface area (Å²) in [5.74, 6) is 1.39. The number of amides is 1. The smallest absolute Gasteiger partial charge is 0.224 e. The van der Waals surface area contributed by atoms with Gasteiger partial charge in [0.25, 0.3) is 0 Å². The van der Waals surface area contributed by atoms with E-state index in [4.69, 9.17) is 0 Å². The van der Waals surface area contributed by atoms with Gasteiger partial charge in [0.15, 0.2) is 0 Å². The number of unbranched alkanes of at least 4 members (excludes halogenated alkanes) is 1. The number of aromatic nitrogens is 1. The van der Waals surface area contributed by atoms with Crippen LogP contribution in [0.1, 0.15) is 32.1 Å². The number of hydrogen-bond donors (Lipinski definition) is 1. The molecule has 1 saturated heterocycles. The SMILES string of the molecule is O=C(CCCC[C@@H]1CCSS1)Nc1ccc2ncccc2c1. The number of benzene rings is 1. The average Bonchev–Trinajstić information content (AvgIpc) is 3.05. The number of anilines is 1. The molecule has 3 nitrogen and oxygen atoms in total. The molecule has 0 unspecified atom stereocenters. The normalized spacial score (nSPS) is 17.7. The van der Waals surface area contributed by atoms with E-state index in [1.807, 2.05) is 51.9 Å². The Labute approximate surface area is 139 Å². The van der Waals surface area contributed by atoms with E-state index in [0.717, 1.165) is 34.7 Å². The molecular formula is C17H20N2OS2. The summed E-state index contributed by atoms with van der Waals surface area (Å²) in [6.07, 6.45) is 7.08. The summed E-state index contributed by atoms with van der Waals surface area (Å²) in [4.78, 5) is 16.3. The first-order chi connectivity index (χ1) is 10.8. The highest BCUT2D eigenvalue weighted by Gasteiger charge is 2.15. The molecule has 2 aromatic rings. The fourth-order valence-corrected chi connectivity index (χ4v) is 5.63. The molecule has 0 saturated carbocycles. The quantitative estimate of drug-likeness (QED) is 0.604. The van der Waals surface area contributed by atoms with Crippen LogP contribution in [0.4, 0.5) is 5.69 Å². The number of pyridine rings is 1. The molecule has 116 valence electrons. The fraction of sp³-hybridized carbons (Fsp3) is 0.412. The lowest BCUT2D eigenvalue weighted by Gasteiger charge is -2.08. The standard InChI is InChI=1S/C17H20N2OS2/c20-17(6-2-1-5-15-9-11-21-22-15)19-14-7-8-16-13(12-14)4-3-10-18-16/h3-4,7-8,10,12,15H,1-2,5-6,9,11H2,(H,19,20)/t15-/m1/s1. The van der Waals surface area contributed by atoms with E-state index < -0.39 is 0 Å². The van der Waals surface area contributed by atoms with Gasteiger partial charge in [0.2, 0.25) is 5.91 Å². The van der Waals surface area contributed by atoms with Crippen molar-refractivity contribution in [3.05, 3.63) is 36.5 Å². The fourth-order valence-electron chi connectivity index (χ4n) is 2.60. The first-order valence-corrected chi connectivity index (χ1v) is 10.1. The Balaban J connectivity index is 1.44. The summed E-state index contributed by atoms with van der Waals surface area (Å²) in [5.41, 5.74) is 1.81. The minimum Gasteiger partial charge on any atom is -0.326 e. The zero-order valence-electron chi connectivity index (χ0n) is 12.5. The number of nitrogens with zero attached hydrogens (tertiary/aromatic N) is 1. The van der Waals surface area contributed by atoms with Gasteiger partial charge in [-0.05, 0) is 43.5 Å². The lowest BCUT2D eigenvalue weighted by Crippen LogP contribution is -2.11. The van der Waals surface area contributed by atoms with Gasteiger partial charge in [-0.25, -0.2) is 0 Å². The highest BCUT2D eigenvalue weighted by Crippen LogP contribution is 2.39. The van der Waals surface area contributed by atoms with Crippen LogP contribution in [0, 0.1) is 0 Å². The van der Waals surface area contributed by atoms with E-state index in [-0.39, 0.29) is 5.91 Å². The maximum atomic E-state index is 12.0. The molecule has 3 rings (SSSR count). The Morgan fingerprint density at radius 2 is 2.27 bits per heavy atom. The Morgan fingerprint density at radius 1 is 1.32 bits per heavy atom. The molecule has 0 spiro atoms. The van der Waals surface area contributed by atoms with E-state index in [0.29, 0.717) is 6.42 Å². The summed E-state index contributed by atoms with van der Waals surface area (Å²) in [6.45, 7) is 0. The van der Waals surface area contributed by atoms with Crippen molar-refractivity contribution in [2.75, 3.05) is 11.1 Å². The van der Waals surface area contributed by atoms with Gasteiger partial charge in [0.05, 0.1) is 5.52 Å². The van der Waals surface area contributed by atoms with E-state index in [1.54, 1.807) is 6.20 Å². The molecule has 1 atom stereocenters. The van der Waals surface area contributed by atoms with Gasteiger partial charge in [0.1, 0.15) is 0 Å². The lowest BCUT2D eigenvalue weighted by molar-refractivity contribution is -0.116. The Hall–Kier alpha value is -1.20. The van der Waals surface area contributed by atoms with Crippen LogP contribution in [0.2, 0.25) is 0 Å². The van der Waals surface area contributed by atoms with Crippen molar-refractivity contribution in [3.63, 3.8) is 0 Å². The maximum absolute atomic E-state index is 12.0. The van der Waals surface area contributed by atoms with Crippen LogP contribution in [0.15, 0.2) is 36.5 Å². The van der Waals surface area contributed by atoms with Crippen molar-refractivity contribution in [2.45, 2.75) is 37.4 Å². The van der Waals surface area contributed by atoms with Crippen LogP contribution in [0.25, 0.3) is 10.9 Å². The molecule has 1 aliphatic rings. The van der Waals surface area contributed by atoms with Crippen molar-refractivity contribution < 1.29 is 4.79 Å². The van der Waals surface area contributed by atoms with E-state index >= 15 is 0 Å². The molecule has 22 heavy (non-hydrogen) atoms. The van der Waals surface area contributed by atoms with Crippen LogP contribution in [0.3, 0.4) is 0 Å². The second-order valence-electron chi connectivity index (χ2n) is 5.53. The van der Waals surface area contributed by atoms with Crippen molar-refractivity contribution in [3.8, 4) is 0 Å². The average molecular weight is 332 g/mol.